The molecule has 1 aliphatic rings. The third-order valence-corrected chi connectivity index (χ3v) is 3.95. The molecule has 0 aromatic heterocycles. The highest BCUT2D eigenvalue weighted by Crippen LogP contribution is 2.32. The second-order valence-corrected chi connectivity index (χ2v) is 6.70. The van der Waals surface area contributed by atoms with Crippen molar-refractivity contribution in [2.45, 2.75) is 64.8 Å². The lowest BCUT2D eigenvalue weighted by Gasteiger charge is -2.45. The summed E-state index contributed by atoms with van der Waals surface area (Å²) in [6.07, 6.45) is 2.79. The summed E-state index contributed by atoms with van der Waals surface area (Å²) in [6.45, 7) is 10.8. The van der Waals surface area contributed by atoms with E-state index in [1.165, 1.54) is 7.11 Å². The zero-order chi connectivity index (χ0) is 19.3. The Morgan fingerprint density at radius 1 is 1.20 bits per heavy atom. The Kier molecular flexibility index (Phi) is 12.2. The van der Waals surface area contributed by atoms with Crippen LogP contribution in [0, 0.1) is 0 Å². The maximum Gasteiger partial charge on any atom is 0.305 e. The number of methoxy groups -OCH3 is 1. The average Bonchev–Trinajstić information content (AvgIpc) is 2.57. The number of likely N-dealkylation sites (tertiary alicyclic amines) is 1. The molecule has 0 radical (unpaired) electrons. The van der Waals surface area contributed by atoms with Gasteiger partial charge in [0.2, 0.25) is 0 Å². The average molecular weight is 363 g/mol. The van der Waals surface area contributed by atoms with Gasteiger partial charge in [-0.05, 0) is 40.7 Å². The standard InChI is InChI=1S/C16H31NO5.C2H6O/c1-5-21-16(22-15(2,3)13-18)8-11-17(12-9-16)10-6-7-14(19)20-4;1-2-3/h18H,5-13H2,1-4H3;3H,2H2,1H3. The van der Waals surface area contributed by atoms with E-state index in [-0.39, 0.29) is 19.2 Å². The SMILES string of the molecule is CCO.CCOC1(OC(C)(C)CO)CCN(CCCC(=O)OC)CC1. The van der Waals surface area contributed by atoms with Crippen molar-refractivity contribution < 1.29 is 29.2 Å². The molecule has 7 heteroatoms. The summed E-state index contributed by atoms with van der Waals surface area (Å²) >= 11 is 0. The highest BCUT2D eigenvalue weighted by Gasteiger charge is 2.40. The van der Waals surface area contributed by atoms with E-state index in [9.17, 15) is 9.90 Å². The predicted octanol–water partition coefficient (Wildman–Crippen LogP) is 1.55. The van der Waals surface area contributed by atoms with E-state index in [0.717, 1.165) is 38.9 Å². The zero-order valence-corrected chi connectivity index (χ0v) is 16.5. The van der Waals surface area contributed by atoms with Gasteiger partial charge in [-0.1, -0.05) is 0 Å². The molecule has 0 aliphatic carbocycles. The van der Waals surface area contributed by atoms with E-state index < -0.39 is 11.4 Å². The smallest absolute Gasteiger partial charge is 0.305 e. The topological polar surface area (TPSA) is 88.5 Å². The van der Waals surface area contributed by atoms with E-state index >= 15 is 0 Å². The molecule has 1 fully saturated rings. The second kappa shape index (κ2) is 12.6. The molecule has 1 rings (SSSR count). The number of ether oxygens (including phenoxy) is 3. The van der Waals surface area contributed by atoms with Gasteiger partial charge in [-0.15, -0.1) is 0 Å². The van der Waals surface area contributed by atoms with Crippen molar-refractivity contribution in [3.05, 3.63) is 0 Å². The fraction of sp³-hybridized carbons (Fsp3) is 0.944. The summed E-state index contributed by atoms with van der Waals surface area (Å²) in [4.78, 5) is 13.4. The van der Waals surface area contributed by atoms with Crippen molar-refractivity contribution in [1.29, 1.82) is 0 Å². The van der Waals surface area contributed by atoms with E-state index in [0.29, 0.717) is 13.0 Å². The molecule has 0 atom stereocenters. The molecule has 7 nitrogen and oxygen atoms in total. The van der Waals surface area contributed by atoms with Crippen LogP contribution in [0.15, 0.2) is 0 Å². The summed E-state index contributed by atoms with van der Waals surface area (Å²) in [5, 5.41) is 17.0. The molecule has 0 saturated carbocycles. The van der Waals surface area contributed by atoms with Crippen molar-refractivity contribution in [1.82, 2.24) is 4.90 Å². The number of piperidine rings is 1. The molecule has 0 amide bonds. The van der Waals surface area contributed by atoms with Crippen LogP contribution in [-0.2, 0) is 19.0 Å². The lowest BCUT2D eigenvalue weighted by Crippen LogP contribution is -2.52. The lowest BCUT2D eigenvalue weighted by atomic mass is 10.0. The zero-order valence-electron chi connectivity index (χ0n) is 16.5. The molecule has 2 N–H and O–H groups in total. The van der Waals surface area contributed by atoms with Gasteiger partial charge in [0.1, 0.15) is 0 Å². The first-order chi connectivity index (χ1) is 11.8. The highest BCUT2D eigenvalue weighted by atomic mass is 16.7. The Balaban J connectivity index is 0.00000178. The molecule has 0 aromatic rings. The van der Waals surface area contributed by atoms with E-state index in [2.05, 4.69) is 9.64 Å². The Morgan fingerprint density at radius 2 is 1.76 bits per heavy atom. The van der Waals surface area contributed by atoms with Gasteiger partial charge in [0.05, 0.1) is 19.3 Å². The number of carbonyl (C=O) groups excluding carboxylic acids is 1. The molecule has 1 saturated heterocycles. The molecule has 0 spiro atoms. The maximum absolute atomic E-state index is 11.1. The number of esters is 1. The van der Waals surface area contributed by atoms with Crippen LogP contribution in [0.1, 0.15) is 53.4 Å². The van der Waals surface area contributed by atoms with Gasteiger partial charge in [0.15, 0.2) is 5.79 Å². The molecule has 0 aromatic carbocycles. The Morgan fingerprint density at radius 3 is 2.20 bits per heavy atom. The largest absolute Gasteiger partial charge is 0.469 e. The van der Waals surface area contributed by atoms with Crippen LogP contribution < -0.4 is 0 Å². The highest BCUT2D eigenvalue weighted by molar-refractivity contribution is 5.69. The lowest BCUT2D eigenvalue weighted by molar-refractivity contribution is -0.301. The first-order valence-corrected chi connectivity index (χ1v) is 9.13. The van der Waals surface area contributed by atoms with Crippen molar-refractivity contribution >= 4 is 5.97 Å². The van der Waals surface area contributed by atoms with E-state index in [4.69, 9.17) is 14.6 Å². The summed E-state index contributed by atoms with van der Waals surface area (Å²) in [5.41, 5.74) is -0.609. The number of carbonyl (C=O) groups is 1. The number of nitrogens with zero attached hydrogens (tertiary/aromatic N) is 1. The third-order valence-electron chi connectivity index (χ3n) is 3.95. The van der Waals surface area contributed by atoms with Crippen LogP contribution in [0.25, 0.3) is 0 Å². The molecular weight excluding hydrogens is 326 g/mol. The Hall–Kier alpha value is -0.730. The maximum atomic E-state index is 11.1. The first kappa shape index (κ1) is 24.3. The van der Waals surface area contributed by atoms with Gasteiger partial charge in [0, 0.05) is 45.6 Å². The minimum atomic E-state index is -0.611. The fourth-order valence-electron chi connectivity index (χ4n) is 2.74. The van der Waals surface area contributed by atoms with Crippen LogP contribution in [-0.4, -0.2) is 79.0 Å². The van der Waals surface area contributed by atoms with Crippen molar-refractivity contribution in [3.8, 4) is 0 Å². The number of hydrogen-bond acceptors (Lipinski definition) is 7. The molecular formula is C18H37NO6. The minimum absolute atomic E-state index is 0.0370. The van der Waals surface area contributed by atoms with Gasteiger partial charge in [-0.25, -0.2) is 0 Å². The van der Waals surface area contributed by atoms with Crippen LogP contribution in [0.4, 0.5) is 0 Å². The number of hydrogen-bond donors (Lipinski definition) is 2. The van der Waals surface area contributed by atoms with Crippen LogP contribution in [0.3, 0.4) is 0 Å². The predicted molar refractivity (Wildman–Crippen MR) is 96.3 cm³/mol. The summed E-state index contributed by atoms with van der Waals surface area (Å²) in [6, 6.07) is 0. The molecule has 150 valence electrons. The normalized spacial score (nSPS) is 17.6. The third kappa shape index (κ3) is 10.1. The summed E-state index contributed by atoms with van der Waals surface area (Å²) in [5.74, 6) is -0.770. The van der Waals surface area contributed by atoms with Gasteiger partial charge in [-0.3, -0.25) is 4.79 Å². The Labute approximate surface area is 152 Å². The summed E-state index contributed by atoms with van der Waals surface area (Å²) in [7, 11) is 1.42. The van der Waals surface area contributed by atoms with Crippen molar-refractivity contribution in [3.63, 3.8) is 0 Å². The first-order valence-electron chi connectivity index (χ1n) is 9.13. The molecule has 1 heterocycles. The number of aliphatic hydroxyl groups is 2. The van der Waals surface area contributed by atoms with Gasteiger partial charge >= 0.3 is 5.97 Å². The van der Waals surface area contributed by atoms with Gasteiger partial charge < -0.3 is 29.3 Å². The van der Waals surface area contributed by atoms with Crippen LogP contribution >= 0.6 is 0 Å². The van der Waals surface area contributed by atoms with E-state index in [1.807, 2.05) is 20.8 Å². The molecule has 25 heavy (non-hydrogen) atoms. The molecule has 0 bridgehead atoms. The van der Waals surface area contributed by atoms with Crippen LogP contribution in [0.5, 0.6) is 0 Å². The minimum Gasteiger partial charge on any atom is -0.469 e. The molecule has 0 unspecified atom stereocenters. The molecule has 1 aliphatic heterocycles. The second-order valence-electron chi connectivity index (χ2n) is 6.70. The number of rotatable bonds is 9. The van der Waals surface area contributed by atoms with E-state index in [1.54, 1.807) is 6.92 Å². The summed E-state index contributed by atoms with van der Waals surface area (Å²) < 4.78 is 16.6. The monoisotopic (exact) mass is 363 g/mol. The Bertz CT molecular complexity index is 353. The van der Waals surface area contributed by atoms with Crippen molar-refractivity contribution in [2.24, 2.45) is 0 Å². The fourth-order valence-corrected chi connectivity index (χ4v) is 2.74. The quantitative estimate of drug-likeness (QED) is 0.475. The van der Waals surface area contributed by atoms with Crippen molar-refractivity contribution in [2.75, 3.05) is 46.6 Å². The van der Waals surface area contributed by atoms with Gasteiger partial charge in [0.25, 0.3) is 0 Å². The van der Waals surface area contributed by atoms with Gasteiger partial charge in [-0.2, -0.15) is 0 Å². The van der Waals surface area contributed by atoms with Crippen LogP contribution in [0.2, 0.25) is 0 Å². The number of aliphatic hydroxyl groups excluding tert-OH is 2.